The molecule has 1 aromatic rings. The summed E-state index contributed by atoms with van der Waals surface area (Å²) in [6.45, 7) is 0.975. The molecule has 1 saturated heterocycles. The van der Waals surface area contributed by atoms with Crippen LogP contribution < -0.4 is 0 Å². The molecule has 0 aliphatic carbocycles. The highest BCUT2D eigenvalue weighted by molar-refractivity contribution is 5.99. The summed E-state index contributed by atoms with van der Waals surface area (Å²) in [7, 11) is 0. The highest BCUT2D eigenvalue weighted by Gasteiger charge is 2.32. The van der Waals surface area contributed by atoms with E-state index in [2.05, 4.69) is 0 Å². The molecule has 1 aliphatic rings. The molecule has 1 amide bonds. The molecule has 1 aromatic carbocycles. The number of phenols is 2. The SMILES string of the molecule is O=C(c1c(O)cccc1O)N1CC(CO)C1. The number of benzene rings is 1. The second kappa shape index (κ2) is 4.02. The molecule has 0 spiro atoms. The normalized spacial score (nSPS) is 15.9. The molecule has 5 heteroatoms. The fourth-order valence-electron chi connectivity index (χ4n) is 1.76. The smallest absolute Gasteiger partial charge is 0.261 e. The van der Waals surface area contributed by atoms with Crippen LogP contribution in [0.3, 0.4) is 0 Å². The quantitative estimate of drug-likeness (QED) is 0.667. The van der Waals surface area contributed by atoms with E-state index in [-0.39, 0.29) is 29.6 Å². The summed E-state index contributed by atoms with van der Waals surface area (Å²) < 4.78 is 0. The number of carbonyl (C=O) groups excluding carboxylic acids is 1. The molecular formula is C11H13NO4. The number of hydrogen-bond donors (Lipinski definition) is 3. The molecule has 1 heterocycles. The van der Waals surface area contributed by atoms with Crippen LogP contribution in [0.15, 0.2) is 18.2 Å². The van der Waals surface area contributed by atoms with Crippen LogP contribution in [0.4, 0.5) is 0 Å². The van der Waals surface area contributed by atoms with Gasteiger partial charge in [0.25, 0.3) is 5.91 Å². The highest BCUT2D eigenvalue weighted by Crippen LogP contribution is 2.29. The van der Waals surface area contributed by atoms with Gasteiger partial charge in [-0.2, -0.15) is 0 Å². The molecule has 86 valence electrons. The third-order valence-corrected chi connectivity index (χ3v) is 2.74. The van der Waals surface area contributed by atoms with Gasteiger partial charge < -0.3 is 20.2 Å². The Balaban J connectivity index is 2.16. The number of aliphatic hydroxyl groups is 1. The van der Waals surface area contributed by atoms with E-state index in [0.29, 0.717) is 13.1 Å². The van der Waals surface area contributed by atoms with Gasteiger partial charge in [-0.1, -0.05) is 6.07 Å². The number of aromatic hydroxyl groups is 2. The molecule has 5 nitrogen and oxygen atoms in total. The minimum atomic E-state index is -0.402. The van der Waals surface area contributed by atoms with Gasteiger partial charge in [0.2, 0.25) is 0 Å². The third kappa shape index (κ3) is 1.69. The predicted molar refractivity (Wildman–Crippen MR) is 56.3 cm³/mol. The van der Waals surface area contributed by atoms with Crippen LogP contribution in [0, 0.1) is 5.92 Å². The summed E-state index contributed by atoms with van der Waals surface area (Å²) in [5.41, 5.74) is -0.0705. The predicted octanol–water partition coefficient (Wildman–Crippen LogP) is 0.162. The molecule has 0 bridgehead atoms. The average Bonchev–Trinajstić information content (AvgIpc) is 2.15. The van der Waals surface area contributed by atoms with E-state index in [4.69, 9.17) is 5.11 Å². The van der Waals surface area contributed by atoms with Crippen molar-refractivity contribution in [3.63, 3.8) is 0 Å². The Hall–Kier alpha value is -1.75. The van der Waals surface area contributed by atoms with E-state index in [1.807, 2.05) is 0 Å². The summed E-state index contributed by atoms with van der Waals surface area (Å²) in [6, 6.07) is 4.18. The van der Waals surface area contributed by atoms with Crippen LogP contribution in [0.5, 0.6) is 11.5 Å². The molecule has 0 aromatic heterocycles. The van der Waals surface area contributed by atoms with Gasteiger partial charge in [-0.05, 0) is 12.1 Å². The lowest BCUT2D eigenvalue weighted by Crippen LogP contribution is -2.51. The van der Waals surface area contributed by atoms with Gasteiger partial charge in [0.15, 0.2) is 0 Å². The third-order valence-electron chi connectivity index (χ3n) is 2.74. The Kier molecular flexibility index (Phi) is 2.70. The van der Waals surface area contributed by atoms with Crippen LogP contribution in [0.25, 0.3) is 0 Å². The lowest BCUT2D eigenvalue weighted by molar-refractivity contribution is 0.0357. The van der Waals surface area contributed by atoms with Crippen molar-refractivity contribution in [1.29, 1.82) is 0 Å². The zero-order chi connectivity index (χ0) is 11.7. The molecule has 1 fully saturated rings. The van der Waals surface area contributed by atoms with Crippen molar-refractivity contribution < 1.29 is 20.1 Å². The van der Waals surface area contributed by atoms with Crippen molar-refractivity contribution in [2.45, 2.75) is 0 Å². The molecule has 0 atom stereocenters. The first-order valence-electron chi connectivity index (χ1n) is 5.04. The number of likely N-dealkylation sites (tertiary alicyclic amines) is 1. The van der Waals surface area contributed by atoms with Crippen molar-refractivity contribution in [3.8, 4) is 11.5 Å². The standard InChI is InChI=1S/C11H13NO4/c13-6-7-4-12(5-7)11(16)10-8(14)2-1-3-9(10)15/h1-3,7,13-15H,4-6H2. The van der Waals surface area contributed by atoms with Crippen molar-refractivity contribution >= 4 is 5.91 Å². The summed E-state index contributed by atoms with van der Waals surface area (Å²) in [4.78, 5) is 13.3. The van der Waals surface area contributed by atoms with E-state index in [0.717, 1.165) is 0 Å². The number of amides is 1. The Bertz CT molecular complexity index is 392. The summed E-state index contributed by atoms with van der Waals surface area (Å²) in [5.74, 6) is -0.743. The second-order valence-corrected chi connectivity index (χ2v) is 3.93. The Labute approximate surface area is 92.6 Å². The van der Waals surface area contributed by atoms with Crippen LogP contribution >= 0.6 is 0 Å². The fourth-order valence-corrected chi connectivity index (χ4v) is 1.76. The van der Waals surface area contributed by atoms with Gasteiger partial charge in [-0.25, -0.2) is 0 Å². The Morgan fingerprint density at radius 1 is 1.31 bits per heavy atom. The van der Waals surface area contributed by atoms with Gasteiger partial charge in [-0.3, -0.25) is 4.79 Å². The van der Waals surface area contributed by atoms with Gasteiger partial charge in [0, 0.05) is 25.6 Å². The highest BCUT2D eigenvalue weighted by atomic mass is 16.3. The minimum absolute atomic E-state index is 0.0521. The van der Waals surface area contributed by atoms with Crippen LogP contribution in [0.2, 0.25) is 0 Å². The molecule has 2 rings (SSSR count). The van der Waals surface area contributed by atoms with Crippen molar-refractivity contribution in [2.24, 2.45) is 5.92 Å². The molecule has 0 radical (unpaired) electrons. The van der Waals surface area contributed by atoms with Crippen LogP contribution in [-0.2, 0) is 0 Å². The van der Waals surface area contributed by atoms with E-state index in [1.165, 1.54) is 23.1 Å². The first-order valence-corrected chi connectivity index (χ1v) is 5.04. The van der Waals surface area contributed by atoms with E-state index < -0.39 is 5.91 Å². The maximum absolute atomic E-state index is 11.9. The lowest BCUT2D eigenvalue weighted by atomic mass is 9.99. The van der Waals surface area contributed by atoms with Crippen molar-refractivity contribution in [2.75, 3.05) is 19.7 Å². The zero-order valence-corrected chi connectivity index (χ0v) is 8.63. The number of aliphatic hydroxyl groups excluding tert-OH is 1. The van der Waals surface area contributed by atoms with Gasteiger partial charge >= 0.3 is 0 Å². The topological polar surface area (TPSA) is 81.0 Å². The van der Waals surface area contributed by atoms with Crippen LogP contribution in [0.1, 0.15) is 10.4 Å². The maximum atomic E-state index is 11.9. The molecule has 0 unspecified atom stereocenters. The first-order chi connectivity index (χ1) is 7.63. The Morgan fingerprint density at radius 2 is 1.88 bits per heavy atom. The number of nitrogens with zero attached hydrogens (tertiary/aromatic N) is 1. The van der Waals surface area contributed by atoms with E-state index in [1.54, 1.807) is 0 Å². The molecular weight excluding hydrogens is 210 g/mol. The minimum Gasteiger partial charge on any atom is -0.507 e. The van der Waals surface area contributed by atoms with Crippen LogP contribution in [-0.4, -0.2) is 45.8 Å². The lowest BCUT2D eigenvalue weighted by Gasteiger charge is -2.38. The second-order valence-electron chi connectivity index (χ2n) is 3.93. The molecule has 16 heavy (non-hydrogen) atoms. The summed E-state index contributed by atoms with van der Waals surface area (Å²) >= 11 is 0. The molecule has 3 N–H and O–H groups in total. The Morgan fingerprint density at radius 3 is 2.38 bits per heavy atom. The maximum Gasteiger partial charge on any atom is 0.261 e. The number of rotatable bonds is 2. The fraction of sp³-hybridized carbons (Fsp3) is 0.364. The van der Waals surface area contributed by atoms with Crippen molar-refractivity contribution in [3.05, 3.63) is 23.8 Å². The zero-order valence-electron chi connectivity index (χ0n) is 8.63. The molecule has 1 aliphatic heterocycles. The average molecular weight is 223 g/mol. The van der Waals surface area contributed by atoms with E-state index in [9.17, 15) is 15.0 Å². The van der Waals surface area contributed by atoms with Gasteiger partial charge in [-0.15, -0.1) is 0 Å². The number of phenolic OH excluding ortho intramolecular Hbond substituents is 2. The van der Waals surface area contributed by atoms with Gasteiger partial charge in [0.05, 0.1) is 0 Å². The summed E-state index contributed by atoms with van der Waals surface area (Å²) in [6.07, 6.45) is 0. The van der Waals surface area contributed by atoms with Crippen molar-refractivity contribution in [1.82, 2.24) is 4.90 Å². The first kappa shape index (κ1) is 10.8. The number of carbonyl (C=O) groups is 1. The number of hydrogen-bond acceptors (Lipinski definition) is 4. The molecule has 0 saturated carbocycles. The monoisotopic (exact) mass is 223 g/mol. The summed E-state index contributed by atoms with van der Waals surface area (Å²) in [5, 5.41) is 27.8. The van der Waals surface area contributed by atoms with Gasteiger partial charge in [0.1, 0.15) is 17.1 Å². The largest absolute Gasteiger partial charge is 0.507 e. The van der Waals surface area contributed by atoms with E-state index >= 15 is 0 Å².